The second-order valence-corrected chi connectivity index (χ2v) is 13.0. The predicted molar refractivity (Wildman–Crippen MR) is 156 cm³/mol. The van der Waals surface area contributed by atoms with Gasteiger partial charge in [0.05, 0.1) is 12.8 Å². The molecule has 1 atom stereocenters. The third-order valence-electron chi connectivity index (χ3n) is 7.89. The van der Waals surface area contributed by atoms with Gasteiger partial charge in [0.1, 0.15) is 17.5 Å². The number of pyridine rings is 1. The number of carbonyl (C=O) groups is 2. The van der Waals surface area contributed by atoms with Crippen LogP contribution in [0.4, 0.5) is 0 Å². The van der Waals surface area contributed by atoms with Crippen molar-refractivity contribution in [3.8, 4) is 16.9 Å². The van der Waals surface area contributed by atoms with E-state index in [1.54, 1.807) is 33.9 Å². The number of carbonyl (C=O) groups excluding carboxylic acids is 1. The molecule has 1 aliphatic carbocycles. The maximum Gasteiger partial charge on any atom is 0.326 e. The average molecular weight is 531 g/mol. The molecule has 1 amide bonds. The molecule has 6 nitrogen and oxygen atoms in total. The van der Waals surface area contributed by atoms with Gasteiger partial charge in [0.15, 0.2) is 0 Å². The SMILES string of the molecule is COc1ccc(-c2ccc(C(C)(C)C)cc2)c2c(CC3CCCC3)nc(C(=O)N[C@H](C(=O)O)C(C)(C)C)cc12. The van der Waals surface area contributed by atoms with Gasteiger partial charge in [0, 0.05) is 10.8 Å². The number of benzene rings is 2. The molecule has 0 spiro atoms. The maximum atomic E-state index is 13.4. The van der Waals surface area contributed by atoms with Crippen LogP contribution in [0, 0.1) is 11.3 Å². The summed E-state index contributed by atoms with van der Waals surface area (Å²) in [6, 6.07) is 13.4. The van der Waals surface area contributed by atoms with Crippen LogP contribution >= 0.6 is 0 Å². The van der Waals surface area contributed by atoms with Gasteiger partial charge in [-0.2, -0.15) is 0 Å². The van der Waals surface area contributed by atoms with E-state index in [0.717, 1.165) is 46.9 Å². The van der Waals surface area contributed by atoms with E-state index < -0.39 is 23.3 Å². The van der Waals surface area contributed by atoms with Crippen LogP contribution in [-0.4, -0.2) is 35.1 Å². The van der Waals surface area contributed by atoms with Crippen molar-refractivity contribution in [3.63, 3.8) is 0 Å². The van der Waals surface area contributed by atoms with Crippen LogP contribution in [0.15, 0.2) is 42.5 Å². The number of hydrogen-bond donors (Lipinski definition) is 2. The minimum atomic E-state index is -1.07. The first-order valence-electron chi connectivity index (χ1n) is 13.9. The zero-order chi connectivity index (χ0) is 28.5. The zero-order valence-electron chi connectivity index (χ0n) is 24.4. The first-order chi connectivity index (χ1) is 18.3. The minimum absolute atomic E-state index is 0.0544. The molecule has 0 aliphatic heterocycles. The Morgan fingerprint density at radius 2 is 1.67 bits per heavy atom. The van der Waals surface area contributed by atoms with Gasteiger partial charge in [-0.25, -0.2) is 9.78 Å². The molecule has 1 saturated carbocycles. The molecule has 4 rings (SSSR count). The van der Waals surface area contributed by atoms with Crippen molar-refractivity contribution in [3.05, 3.63) is 59.4 Å². The molecule has 1 aliphatic rings. The Labute approximate surface area is 232 Å². The largest absolute Gasteiger partial charge is 0.496 e. The quantitative estimate of drug-likeness (QED) is 0.338. The van der Waals surface area contributed by atoms with Gasteiger partial charge in [-0.1, -0.05) is 91.5 Å². The van der Waals surface area contributed by atoms with Crippen LogP contribution in [0.5, 0.6) is 5.75 Å². The second-order valence-electron chi connectivity index (χ2n) is 13.0. The third kappa shape index (κ3) is 6.26. The highest BCUT2D eigenvalue weighted by atomic mass is 16.5. The van der Waals surface area contributed by atoms with E-state index in [1.165, 1.54) is 18.4 Å². The number of aromatic nitrogens is 1. The molecule has 2 N–H and O–H groups in total. The Kier molecular flexibility index (Phi) is 8.06. The van der Waals surface area contributed by atoms with E-state index in [4.69, 9.17) is 9.72 Å². The summed E-state index contributed by atoms with van der Waals surface area (Å²) in [4.78, 5) is 30.3. The van der Waals surface area contributed by atoms with Crippen molar-refractivity contribution in [2.75, 3.05) is 7.11 Å². The highest BCUT2D eigenvalue weighted by Crippen LogP contribution is 2.39. The second kappa shape index (κ2) is 11.0. The Hall–Kier alpha value is -3.41. The molecule has 39 heavy (non-hydrogen) atoms. The Bertz CT molecular complexity index is 1360. The van der Waals surface area contributed by atoms with Crippen LogP contribution in [0.2, 0.25) is 0 Å². The lowest BCUT2D eigenvalue weighted by Gasteiger charge is -2.27. The molecule has 3 aromatic rings. The smallest absolute Gasteiger partial charge is 0.326 e. The van der Waals surface area contributed by atoms with Crippen LogP contribution in [0.3, 0.4) is 0 Å². The van der Waals surface area contributed by atoms with Crippen LogP contribution < -0.4 is 10.1 Å². The fourth-order valence-electron chi connectivity index (χ4n) is 5.60. The number of methoxy groups -OCH3 is 1. The summed E-state index contributed by atoms with van der Waals surface area (Å²) in [6.45, 7) is 12.0. The van der Waals surface area contributed by atoms with Crippen LogP contribution in [-0.2, 0) is 16.6 Å². The highest BCUT2D eigenvalue weighted by molar-refractivity contribution is 6.05. The normalized spacial score (nSPS) is 15.4. The molecule has 1 fully saturated rings. The molecule has 6 heteroatoms. The van der Waals surface area contributed by atoms with E-state index in [2.05, 4.69) is 56.4 Å². The number of aliphatic carboxylic acids is 1. The number of hydrogen-bond acceptors (Lipinski definition) is 4. The number of amides is 1. The van der Waals surface area contributed by atoms with Crippen LogP contribution in [0.1, 0.15) is 89.0 Å². The lowest BCUT2D eigenvalue weighted by Crippen LogP contribution is -2.49. The lowest BCUT2D eigenvalue weighted by atomic mass is 9.85. The summed E-state index contributed by atoms with van der Waals surface area (Å²) in [5.41, 5.74) is 3.87. The minimum Gasteiger partial charge on any atom is -0.496 e. The maximum absolute atomic E-state index is 13.4. The standard InChI is InChI=1S/C33H42N2O4/c1-32(2,3)22-14-12-21(13-15-22)23-16-17-27(39-7)24-19-26(30(36)35-29(31(37)38)33(4,5)6)34-25(28(23)24)18-20-10-8-9-11-20/h12-17,19-20,29H,8-11,18H2,1-7H3,(H,35,36)(H,37,38)/t29-/m1/s1. The molecule has 0 saturated heterocycles. The topological polar surface area (TPSA) is 88.5 Å². The molecule has 0 radical (unpaired) electrons. The van der Waals surface area contributed by atoms with Crippen molar-refractivity contribution < 1.29 is 19.4 Å². The van der Waals surface area contributed by atoms with E-state index in [0.29, 0.717) is 11.7 Å². The van der Waals surface area contributed by atoms with Crippen molar-refractivity contribution in [2.45, 2.75) is 85.1 Å². The summed E-state index contributed by atoms with van der Waals surface area (Å²) in [5, 5.41) is 14.3. The van der Waals surface area contributed by atoms with Gasteiger partial charge in [0.2, 0.25) is 0 Å². The fourth-order valence-corrected chi connectivity index (χ4v) is 5.60. The Balaban J connectivity index is 1.89. The molecule has 1 aromatic heterocycles. The first kappa shape index (κ1) is 28.6. The van der Waals surface area contributed by atoms with E-state index >= 15 is 0 Å². The molecular formula is C33H42N2O4. The third-order valence-corrected chi connectivity index (χ3v) is 7.89. The highest BCUT2D eigenvalue weighted by Gasteiger charge is 2.33. The van der Waals surface area contributed by atoms with Gasteiger partial charge in [0.25, 0.3) is 5.91 Å². The monoisotopic (exact) mass is 530 g/mol. The van der Waals surface area contributed by atoms with Gasteiger partial charge < -0.3 is 15.2 Å². The number of nitrogens with zero attached hydrogens (tertiary/aromatic N) is 1. The number of rotatable bonds is 7. The Morgan fingerprint density at radius 3 is 2.21 bits per heavy atom. The van der Waals surface area contributed by atoms with E-state index in [1.807, 2.05) is 6.07 Å². The number of carboxylic acid groups (broad SMARTS) is 1. The molecule has 0 unspecified atom stereocenters. The van der Waals surface area contributed by atoms with E-state index in [-0.39, 0.29) is 11.1 Å². The average Bonchev–Trinajstić information content (AvgIpc) is 3.38. The number of ether oxygens (including phenoxy) is 1. The van der Waals surface area contributed by atoms with Gasteiger partial charge in [-0.05, 0) is 58.1 Å². The van der Waals surface area contributed by atoms with Crippen molar-refractivity contribution >= 4 is 22.6 Å². The fraction of sp³-hybridized carbons (Fsp3) is 0.485. The van der Waals surface area contributed by atoms with Crippen molar-refractivity contribution in [1.29, 1.82) is 0 Å². The summed E-state index contributed by atoms with van der Waals surface area (Å²) in [5.74, 6) is -0.396. The van der Waals surface area contributed by atoms with Crippen LogP contribution in [0.25, 0.3) is 21.9 Å². The first-order valence-corrected chi connectivity index (χ1v) is 13.9. The number of fused-ring (bicyclic) bond motifs is 1. The van der Waals surface area contributed by atoms with E-state index in [9.17, 15) is 14.7 Å². The summed E-state index contributed by atoms with van der Waals surface area (Å²) >= 11 is 0. The van der Waals surface area contributed by atoms with Crippen molar-refractivity contribution in [1.82, 2.24) is 10.3 Å². The number of nitrogens with one attached hydrogen (secondary N) is 1. The van der Waals surface area contributed by atoms with Gasteiger partial charge in [-0.15, -0.1) is 0 Å². The summed E-state index contributed by atoms with van der Waals surface area (Å²) in [7, 11) is 1.63. The zero-order valence-corrected chi connectivity index (χ0v) is 24.4. The molecule has 1 heterocycles. The molecule has 208 valence electrons. The van der Waals surface area contributed by atoms with Gasteiger partial charge in [-0.3, -0.25) is 4.79 Å². The number of carboxylic acids is 1. The molecular weight excluding hydrogens is 488 g/mol. The molecule has 2 aromatic carbocycles. The van der Waals surface area contributed by atoms with Gasteiger partial charge >= 0.3 is 5.97 Å². The summed E-state index contributed by atoms with van der Waals surface area (Å²) < 4.78 is 5.76. The lowest BCUT2D eigenvalue weighted by molar-refractivity contribution is -0.142. The van der Waals surface area contributed by atoms with Crippen molar-refractivity contribution in [2.24, 2.45) is 11.3 Å². The summed E-state index contributed by atoms with van der Waals surface area (Å²) in [6.07, 6.45) is 5.46. The molecule has 0 bridgehead atoms. The Morgan fingerprint density at radius 1 is 1.03 bits per heavy atom. The predicted octanol–water partition coefficient (Wildman–Crippen LogP) is 7.17.